The number of aryl methyl sites for hydroxylation is 3. The number of benzene rings is 1. The Labute approximate surface area is 191 Å². The summed E-state index contributed by atoms with van der Waals surface area (Å²) in [6.07, 6.45) is -1.09. The van der Waals surface area contributed by atoms with Crippen LogP contribution in [0.1, 0.15) is 79.8 Å². The van der Waals surface area contributed by atoms with Crippen molar-refractivity contribution >= 4 is 17.1 Å². The van der Waals surface area contributed by atoms with Crippen LogP contribution in [0.25, 0.3) is 0 Å². The van der Waals surface area contributed by atoms with E-state index in [2.05, 4.69) is 16.0 Å². The van der Waals surface area contributed by atoms with E-state index in [0.29, 0.717) is 16.9 Å². The molecule has 0 spiro atoms. The molecule has 176 valence electrons. The number of hydrogen-bond donors (Lipinski definition) is 4. The van der Waals surface area contributed by atoms with Crippen molar-refractivity contribution in [2.24, 2.45) is 5.41 Å². The molecule has 0 radical (unpaired) electrons. The van der Waals surface area contributed by atoms with E-state index in [9.17, 15) is 19.1 Å². The van der Waals surface area contributed by atoms with Gasteiger partial charge in [-0.2, -0.15) is 0 Å². The van der Waals surface area contributed by atoms with E-state index < -0.39 is 28.9 Å². The molecule has 0 amide bonds. The molecule has 8 heteroatoms. The average molecular weight is 456 g/mol. The maximum Gasteiger partial charge on any atom is 0.253 e. The van der Waals surface area contributed by atoms with Crippen LogP contribution < -0.4 is 26.8 Å². The van der Waals surface area contributed by atoms with Crippen molar-refractivity contribution < 1.29 is 13.9 Å². The number of rotatable bonds is 5. The van der Waals surface area contributed by atoms with Gasteiger partial charge in [0.25, 0.3) is 10.9 Å². The fourth-order valence-corrected chi connectivity index (χ4v) is 4.58. The first-order valence-electron chi connectivity index (χ1n) is 11.0. The molecule has 7 nitrogen and oxygen atoms in total. The van der Waals surface area contributed by atoms with E-state index in [4.69, 9.17) is 4.42 Å². The molecule has 1 aliphatic heterocycles. The van der Waals surface area contributed by atoms with Gasteiger partial charge < -0.3 is 20.2 Å². The van der Waals surface area contributed by atoms with Gasteiger partial charge >= 0.3 is 0 Å². The van der Waals surface area contributed by atoms with E-state index in [0.717, 1.165) is 16.9 Å². The average Bonchev–Trinajstić information content (AvgIpc) is 3.19. The first-order chi connectivity index (χ1) is 15.3. The molecule has 33 heavy (non-hydrogen) atoms. The van der Waals surface area contributed by atoms with Gasteiger partial charge in [-0.15, -0.1) is 0 Å². The van der Waals surface area contributed by atoms with Crippen LogP contribution in [0.15, 0.2) is 26.1 Å². The van der Waals surface area contributed by atoms with Gasteiger partial charge in [-0.1, -0.05) is 20.8 Å². The van der Waals surface area contributed by atoms with Gasteiger partial charge in [0.15, 0.2) is 0 Å². The molecule has 0 fully saturated rings. The summed E-state index contributed by atoms with van der Waals surface area (Å²) in [6.45, 7) is 13.4. The smallest absolute Gasteiger partial charge is 0.253 e. The zero-order valence-corrected chi connectivity index (χ0v) is 19.9. The Morgan fingerprint density at radius 3 is 2.24 bits per heavy atom. The normalized spacial score (nSPS) is 19.1. The van der Waals surface area contributed by atoms with Crippen LogP contribution in [0.4, 0.5) is 21.5 Å². The minimum atomic E-state index is -1.09. The Hall–Kier alpha value is -2.97. The SMILES string of the molecule is Cc1cc([C@H](Nc2c(Nc3c(F)cc(C)c4c3C(O)NC4C)c(=O)c2=O)C(C)(C)C)oc1C. The van der Waals surface area contributed by atoms with E-state index in [1.165, 1.54) is 6.07 Å². The van der Waals surface area contributed by atoms with Crippen LogP contribution >= 0.6 is 0 Å². The van der Waals surface area contributed by atoms with Gasteiger partial charge in [-0.25, -0.2) is 4.39 Å². The zero-order valence-electron chi connectivity index (χ0n) is 19.9. The number of furan rings is 1. The molecule has 3 aromatic rings. The summed E-state index contributed by atoms with van der Waals surface area (Å²) < 4.78 is 20.9. The molecular weight excluding hydrogens is 425 g/mol. The summed E-state index contributed by atoms with van der Waals surface area (Å²) in [7, 11) is 0. The molecule has 3 atom stereocenters. The van der Waals surface area contributed by atoms with Gasteiger partial charge in [-0.05, 0) is 61.9 Å². The third-order valence-corrected chi connectivity index (χ3v) is 6.47. The highest BCUT2D eigenvalue weighted by molar-refractivity contribution is 5.81. The lowest BCUT2D eigenvalue weighted by Gasteiger charge is -2.32. The summed E-state index contributed by atoms with van der Waals surface area (Å²) in [5, 5.41) is 19.4. The molecule has 0 aliphatic carbocycles. The van der Waals surface area contributed by atoms with Gasteiger partial charge in [0.05, 0.1) is 11.7 Å². The van der Waals surface area contributed by atoms with Gasteiger partial charge in [0.2, 0.25) is 0 Å². The lowest BCUT2D eigenvalue weighted by Crippen LogP contribution is -2.39. The maximum absolute atomic E-state index is 15.0. The van der Waals surface area contributed by atoms with E-state index in [1.807, 2.05) is 47.6 Å². The Balaban J connectivity index is 1.75. The second-order valence-electron chi connectivity index (χ2n) is 10.0. The van der Waals surface area contributed by atoms with Crippen LogP contribution in [0, 0.1) is 32.0 Å². The molecule has 1 aromatic heterocycles. The van der Waals surface area contributed by atoms with Gasteiger partial charge in [0, 0.05) is 11.6 Å². The number of nitrogens with one attached hydrogen (secondary N) is 3. The number of fused-ring (bicyclic) bond motifs is 1. The monoisotopic (exact) mass is 455 g/mol. The van der Waals surface area contributed by atoms with Crippen molar-refractivity contribution in [1.29, 1.82) is 0 Å². The lowest BCUT2D eigenvalue weighted by atomic mass is 9.84. The molecule has 2 unspecified atom stereocenters. The number of aliphatic hydroxyl groups is 1. The summed E-state index contributed by atoms with van der Waals surface area (Å²) in [6, 6.07) is 2.68. The molecule has 2 aromatic carbocycles. The van der Waals surface area contributed by atoms with Crippen molar-refractivity contribution in [3.63, 3.8) is 0 Å². The van der Waals surface area contributed by atoms with Gasteiger partial charge in [0.1, 0.15) is 34.9 Å². The van der Waals surface area contributed by atoms with Crippen molar-refractivity contribution in [1.82, 2.24) is 5.32 Å². The first kappa shape index (κ1) is 23.2. The van der Waals surface area contributed by atoms with E-state index in [-0.39, 0.29) is 28.5 Å². The minimum absolute atomic E-state index is 0.00732. The van der Waals surface area contributed by atoms with E-state index in [1.54, 1.807) is 6.92 Å². The Morgan fingerprint density at radius 1 is 1.03 bits per heavy atom. The van der Waals surface area contributed by atoms with Crippen LogP contribution in [-0.4, -0.2) is 5.11 Å². The zero-order chi connectivity index (χ0) is 24.4. The summed E-state index contributed by atoms with van der Waals surface area (Å²) >= 11 is 0. The Bertz CT molecular complexity index is 1290. The molecule has 0 bridgehead atoms. The molecule has 0 saturated carbocycles. The molecule has 4 rings (SSSR count). The van der Waals surface area contributed by atoms with Crippen LogP contribution in [-0.2, 0) is 0 Å². The second-order valence-corrected chi connectivity index (χ2v) is 10.0. The van der Waals surface area contributed by atoms with Gasteiger partial charge in [-0.3, -0.25) is 14.9 Å². The van der Waals surface area contributed by atoms with Crippen molar-refractivity contribution in [2.45, 2.75) is 66.8 Å². The van der Waals surface area contributed by atoms with Crippen molar-refractivity contribution in [2.75, 3.05) is 10.6 Å². The minimum Gasteiger partial charge on any atom is -0.464 e. The number of aliphatic hydroxyl groups excluding tert-OH is 1. The highest BCUT2D eigenvalue weighted by atomic mass is 19.1. The van der Waals surface area contributed by atoms with Crippen LogP contribution in [0.3, 0.4) is 0 Å². The predicted molar refractivity (Wildman–Crippen MR) is 126 cm³/mol. The maximum atomic E-state index is 15.0. The number of hydrogen-bond acceptors (Lipinski definition) is 7. The molecule has 0 saturated heterocycles. The number of anilines is 3. The standard InChI is InChI=1S/C25H30FN3O4/c1-10-9-15(33-13(10)4)23(25(5,6)7)29-20-19(21(30)22(20)31)28-18-14(26)8-11(2)16-12(3)27-24(32)17(16)18/h8-9,12,23-24,27-29,32H,1-7H3/t12?,23-,24?/m0/s1. The Morgan fingerprint density at radius 2 is 1.67 bits per heavy atom. The second kappa shape index (κ2) is 7.81. The quantitative estimate of drug-likeness (QED) is 0.419. The molecular formula is C25H30FN3O4. The number of halogens is 1. The van der Waals surface area contributed by atoms with Crippen LogP contribution in [0.5, 0.6) is 0 Å². The molecule has 2 heterocycles. The third-order valence-electron chi connectivity index (χ3n) is 6.47. The van der Waals surface area contributed by atoms with Crippen molar-refractivity contribution in [3.8, 4) is 0 Å². The third kappa shape index (κ3) is 3.77. The fourth-order valence-electron chi connectivity index (χ4n) is 4.58. The Kier molecular flexibility index (Phi) is 5.49. The predicted octanol–water partition coefficient (Wildman–Crippen LogP) is 4.54. The molecule has 1 aliphatic rings. The first-order valence-corrected chi connectivity index (χ1v) is 11.0. The van der Waals surface area contributed by atoms with Crippen molar-refractivity contribution in [3.05, 3.63) is 72.2 Å². The topological polar surface area (TPSA) is 104 Å². The summed E-state index contributed by atoms with van der Waals surface area (Å²) in [5.74, 6) is 0.814. The van der Waals surface area contributed by atoms with E-state index >= 15 is 0 Å². The largest absolute Gasteiger partial charge is 0.464 e. The highest BCUT2D eigenvalue weighted by Gasteiger charge is 2.36. The summed E-state index contributed by atoms with van der Waals surface area (Å²) in [5.41, 5.74) is 1.08. The highest BCUT2D eigenvalue weighted by Crippen LogP contribution is 2.43. The van der Waals surface area contributed by atoms with Crippen LogP contribution in [0.2, 0.25) is 0 Å². The summed E-state index contributed by atoms with van der Waals surface area (Å²) in [4.78, 5) is 25.0. The molecule has 4 N–H and O–H groups in total. The lowest BCUT2D eigenvalue weighted by molar-refractivity contribution is 0.144. The fraction of sp³-hybridized carbons (Fsp3) is 0.440.